The molecule has 0 aromatic rings. The molecule has 0 N–H and O–H groups in total. The maximum absolute atomic E-state index is 10.9. The highest BCUT2D eigenvalue weighted by Gasteiger charge is 2.18. The van der Waals surface area contributed by atoms with Crippen molar-refractivity contribution >= 4 is 16.8 Å². The zero-order chi connectivity index (χ0) is 9.14. The van der Waals surface area contributed by atoms with Gasteiger partial charge in [0.1, 0.15) is 5.76 Å². The van der Waals surface area contributed by atoms with Crippen molar-refractivity contribution in [1.29, 1.82) is 0 Å². The number of carbonyl (C=O) groups excluding carboxylic acids is 1. The molecule has 0 fully saturated rings. The van der Waals surface area contributed by atoms with Gasteiger partial charge < -0.3 is 4.18 Å². The number of carbonyl (C=O) groups is 1. The Labute approximate surface area is 72.4 Å². The number of hydrogen-bond donors (Lipinski definition) is 1. The largest absolute Gasteiger partial charge is 0.389 e. The molecule has 0 radical (unpaired) electrons. The summed E-state index contributed by atoms with van der Waals surface area (Å²) in [6.45, 7) is 1.88. The van der Waals surface area contributed by atoms with E-state index < -0.39 is 11.0 Å². The third-order valence-corrected chi connectivity index (χ3v) is 2.00. The minimum absolute atomic E-state index is 0.0689. The second-order valence-corrected chi connectivity index (χ2v) is 3.54. The minimum Gasteiger partial charge on any atom is -0.389 e. The van der Waals surface area contributed by atoms with Gasteiger partial charge in [0, 0.05) is 18.9 Å². The van der Waals surface area contributed by atoms with Gasteiger partial charge in [-0.1, -0.05) is 6.92 Å². The quantitative estimate of drug-likeness (QED) is 0.641. The van der Waals surface area contributed by atoms with E-state index in [1.54, 1.807) is 0 Å². The predicted molar refractivity (Wildman–Crippen MR) is 42.9 cm³/mol. The summed E-state index contributed by atoms with van der Waals surface area (Å²) in [5.41, 5.74) is 0. The number of hydrogen-bond acceptors (Lipinski definition) is 4. The summed E-state index contributed by atoms with van der Waals surface area (Å²) in [5.74, 6) is 0.364. The average molecular weight is 190 g/mol. The van der Waals surface area contributed by atoms with Crippen LogP contribution in [0.4, 0.5) is 0 Å². The van der Waals surface area contributed by atoms with Crippen LogP contribution >= 0.6 is 0 Å². The van der Waals surface area contributed by atoms with Crippen molar-refractivity contribution < 1.29 is 17.4 Å². The molecule has 4 nitrogen and oxygen atoms in total. The molecule has 1 atom stereocenters. The molecule has 0 aromatic heterocycles. The lowest BCUT2D eigenvalue weighted by Crippen LogP contribution is -2.12. The molecule has 0 saturated carbocycles. The minimum atomic E-state index is -2.88. The molecule has 0 amide bonds. The van der Waals surface area contributed by atoms with Gasteiger partial charge in [0.05, 0.1) is 0 Å². The molecular weight excluding hydrogens is 180 g/mol. The van der Waals surface area contributed by atoms with E-state index in [0.717, 1.165) is 0 Å². The lowest BCUT2D eigenvalue weighted by atomic mass is 9.94. The summed E-state index contributed by atoms with van der Waals surface area (Å²) >= 11 is 0. The number of allylic oxidation sites excluding steroid dienone is 2. The van der Waals surface area contributed by atoms with Gasteiger partial charge >= 0.3 is 0 Å². The first-order chi connectivity index (χ1) is 5.58. The maximum atomic E-state index is 10.9. The number of thiol groups is 1. The fraction of sp³-hybridized carbons (Fsp3) is 0.571. The summed E-state index contributed by atoms with van der Waals surface area (Å²) < 4.78 is 24.7. The summed E-state index contributed by atoms with van der Waals surface area (Å²) in [6.07, 6.45) is 2.25. The smallest absolute Gasteiger partial charge is 0.298 e. The molecular formula is C7H10O4S. The van der Waals surface area contributed by atoms with Gasteiger partial charge in [-0.2, -0.15) is 8.42 Å². The monoisotopic (exact) mass is 190 g/mol. The Morgan fingerprint density at radius 3 is 2.67 bits per heavy atom. The standard InChI is InChI=1S/C7H10O4S/c1-5-2-6(8)4-7(3-5)11-12(9)10/h4-5,12H,2-3H2,1H3. The van der Waals surface area contributed by atoms with Crippen molar-refractivity contribution in [1.82, 2.24) is 0 Å². The van der Waals surface area contributed by atoms with E-state index in [0.29, 0.717) is 12.8 Å². The highest BCUT2D eigenvalue weighted by molar-refractivity contribution is 7.67. The van der Waals surface area contributed by atoms with Gasteiger partial charge in [0.2, 0.25) is 0 Å². The lowest BCUT2D eigenvalue weighted by molar-refractivity contribution is -0.116. The maximum Gasteiger partial charge on any atom is 0.298 e. The molecule has 0 saturated heterocycles. The van der Waals surface area contributed by atoms with E-state index in [4.69, 9.17) is 0 Å². The summed E-state index contributed by atoms with van der Waals surface area (Å²) in [7, 11) is -2.88. The van der Waals surface area contributed by atoms with Crippen LogP contribution in [-0.2, 0) is 20.0 Å². The second kappa shape index (κ2) is 3.71. The molecule has 1 rings (SSSR count). The fourth-order valence-electron chi connectivity index (χ4n) is 1.22. The molecule has 0 aromatic carbocycles. The van der Waals surface area contributed by atoms with Gasteiger partial charge in [-0.15, -0.1) is 0 Å². The van der Waals surface area contributed by atoms with Gasteiger partial charge in [-0.3, -0.25) is 4.79 Å². The summed E-state index contributed by atoms with van der Waals surface area (Å²) in [5, 5.41) is 0. The zero-order valence-electron chi connectivity index (χ0n) is 6.65. The SMILES string of the molecule is CC1CC(=O)C=C(O[SH](=O)=O)C1. The van der Waals surface area contributed by atoms with E-state index >= 15 is 0 Å². The normalized spacial score (nSPS) is 24.0. The van der Waals surface area contributed by atoms with Crippen molar-refractivity contribution in [3.8, 4) is 0 Å². The van der Waals surface area contributed by atoms with Crippen molar-refractivity contribution in [3.63, 3.8) is 0 Å². The molecule has 12 heavy (non-hydrogen) atoms. The molecule has 5 heteroatoms. The Morgan fingerprint density at radius 1 is 1.50 bits per heavy atom. The molecule has 0 spiro atoms. The van der Waals surface area contributed by atoms with Crippen LogP contribution in [0, 0.1) is 5.92 Å². The van der Waals surface area contributed by atoms with Crippen LogP contribution in [0.5, 0.6) is 0 Å². The molecule has 0 heterocycles. The molecule has 0 bridgehead atoms. The van der Waals surface area contributed by atoms with Gasteiger partial charge in [-0.25, -0.2) is 0 Å². The Balaban J connectivity index is 2.70. The van der Waals surface area contributed by atoms with Gasteiger partial charge in [0.25, 0.3) is 11.0 Å². The van der Waals surface area contributed by atoms with Crippen LogP contribution in [0.15, 0.2) is 11.8 Å². The fourth-order valence-corrected chi connectivity index (χ4v) is 1.53. The second-order valence-electron chi connectivity index (χ2n) is 2.91. The van der Waals surface area contributed by atoms with Crippen molar-refractivity contribution in [2.45, 2.75) is 19.8 Å². The molecule has 1 aliphatic rings. The first kappa shape index (κ1) is 9.25. The van der Waals surface area contributed by atoms with Crippen molar-refractivity contribution in [3.05, 3.63) is 11.8 Å². The van der Waals surface area contributed by atoms with Gasteiger partial charge in [0.15, 0.2) is 5.78 Å². The topological polar surface area (TPSA) is 60.4 Å². The summed E-state index contributed by atoms with van der Waals surface area (Å²) in [4.78, 5) is 10.9. The molecule has 1 aliphatic carbocycles. The third-order valence-electron chi connectivity index (χ3n) is 1.61. The van der Waals surface area contributed by atoms with E-state index in [1.165, 1.54) is 6.08 Å². The van der Waals surface area contributed by atoms with Crippen LogP contribution < -0.4 is 0 Å². The molecule has 68 valence electrons. The first-order valence-corrected chi connectivity index (χ1v) is 4.73. The van der Waals surface area contributed by atoms with Crippen LogP contribution in [0.25, 0.3) is 0 Å². The van der Waals surface area contributed by atoms with Crippen LogP contribution in [-0.4, -0.2) is 14.2 Å². The van der Waals surface area contributed by atoms with Crippen molar-refractivity contribution in [2.75, 3.05) is 0 Å². The highest BCUT2D eigenvalue weighted by atomic mass is 32.2. The molecule has 1 unspecified atom stereocenters. The Morgan fingerprint density at radius 2 is 2.17 bits per heavy atom. The average Bonchev–Trinajstić information content (AvgIpc) is 1.81. The van der Waals surface area contributed by atoms with E-state index in [2.05, 4.69) is 4.18 Å². The van der Waals surface area contributed by atoms with E-state index in [9.17, 15) is 13.2 Å². The van der Waals surface area contributed by atoms with Gasteiger partial charge in [-0.05, 0) is 5.92 Å². The number of ketones is 1. The zero-order valence-corrected chi connectivity index (χ0v) is 7.54. The number of rotatable bonds is 2. The van der Waals surface area contributed by atoms with Crippen LogP contribution in [0.3, 0.4) is 0 Å². The summed E-state index contributed by atoms with van der Waals surface area (Å²) in [6, 6.07) is 0. The van der Waals surface area contributed by atoms with E-state index in [-0.39, 0.29) is 17.5 Å². The highest BCUT2D eigenvalue weighted by Crippen LogP contribution is 2.21. The third kappa shape index (κ3) is 2.65. The Hall–Kier alpha value is -0.840. The Kier molecular flexibility index (Phi) is 2.86. The predicted octanol–water partition coefficient (Wildman–Crippen LogP) is 0.412. The molecule has 0 aliphatic heterocycles. The van der Waals surface area contributed by atoms with Crippen LogP contribution in [0.2, 0.25) is 0 Å². The van der Waals surface area contributed by atoms with Crippen LogP contribution in [0.1, 0.15) is 19.8 Å². The first-order valence-electron chi connectivity index (χ1n) is 3.63. The lowest BCUT2D eigenvalue weighted by Gasteiger charge is -2.15. The van der Waals surface area contributed by atoms with Crippen molar-refractivity contribution in [2.24, 2.45) is 5.92 Å². The Bertz CT molecular complexity index is 282. The van der Waals surface area contributed by atoms with E-state index in [1.807, 2.05) is 6.92 Å².